The van der Waals surface area contributed by atoms with E-state index >= 15 is 0 Å². The van der Waals surface area contributed by atoms with E-state index in [1.165, 1.54) is 0 Å². The average molecular weight is 346 g/mol. The highest BCUT2D eigenvalue weighted by Crippen LogP contribution is 2.48. The molecule has 0 bridgehead atoms. The maximum atomic E-state index is 13.2. The molecular formula is C8H6F12O. The molecule has 0 saturated carbocycles. The van der Waals surface area contributed by atoms with E-state index in [0.717, 1.165) is 0 Å². The quantitative estimate of drug-likeness (QED) is 0.630. The number of halogens is 12. The van der Waals surface area contributed by atoms with Crippen LogP contribution in [0.5, 0.6) is 0 Å². The van der Waals surface area contributed by atoms with Gasteiger partial charge in [-0.25, -0.2) is 26.3 Å². The topological polar surface area (TPSA) is 9.23 Å². The lowest BCUT2D eigenvalue weighted by Crippen LogP contribution is -2.56. The van der Waals surface area contributed by atoms with Gasteiger partial charge in [0.2, 0.25) is 12.9 Å². The van der Waals surface area contributed by atoms with Gasteiger partial charge in [0.25, 0.3) is 0 Å². The Labute approximate surface area is 108 Å². The Hall–Kier alpha value is -0.880. The van der Waals surface area contributed by atoms with Crippen molar-refractivity contribution < 1.29 is 57.4 Å². The molecule has 13 heteroatoms. The molecular weight excluding hydrogens is 340 g/mol. The molecule has 2 atom stereocenters. The Morgan fingerprint density at radius 2 is 0.810 bits per heavy atom. The molecule has 21 heavy (non-hydrogen) atoms. The smallest absolute Gasteiger partial charge is 0.293 e. The summed E-state index contributed by atoms with van der Waals surface area (Å²) in [6.45, 7) is 0. The normalized spacial score (nSPS) is 19.7. The van der Waals surface area contributed by atoms with Gasteiger partial charge in [0.1, 0.15) is 0 Å². The predicted molar refractivity (Wildman–Crippen MR) is 42.1 cm³/mol. The van der Waals surface area contributed by atoms with Gasteiger partial charge in [-0.2, -0.15) is 26.3 Å². The molecule has 0 aromatic carbocycles. The number of alkyl halides is 12. The first kappa shape index (κ1) is 20.1. The van der Waals surface area contributed by atoms with Crippen molar-refractivity contribution in [3.8, 4) is 0 Å². The van der Waals surface area contributed by atoms with Gasteiger partial charge in [0.05, 0.1) is 12.8 Å². The minimum Gasteiger partial charge on any atom is -0.293 e. The molecule has 0 amide bonds. The SMILES string of the molecule is FC(F)CC(F)(OC(F)(CC(F)F)C(F)(F)F)C(F)(F)F. The van der Waals surface area contributed by atoms with E-state index in [1.54, 1.807) is 0 Å². The first-order valence-corrected chi connectivity index (χ1v) is 4.82. The second-order valence-corrected chi connectivity index (χ2v) is 3.74. The van der Waals surface area contributed by atoms with Crippen molar-refractivity contribution in [2.75, 3.05) is 0 Å². The Morgan fingerprint density at radius 3 is 0.952 bits per heavy atom. The Morgan fingerprint density at radius 1 is 0.571 bits per heavy atom. The van der Waals surface area contributed by atoms with Crippen LogP contribution in [0.2, 0.25) is 0 Å². The van der Waals surface area contributed by atoms with Crippen LogP contribution in [-0.4, -0.2) is 36.9 Å². The average Bonchev–Trinajstić information content (AvgIpc) is 2.09. The van der Waals surface area contributed by atoms with Crippen LogP contribution in [0.15, 0.2) is 0 Å². The molecule has 2 unspecified atom stereocenters. The fourth-order valence-electron chi connectivity index (χ4n) is 1.08. The van der Waals surface area contributed by atoms with Gasteiger partial charge < -0.3 is 0 Å². The van der Waals surface area contributed by atoms with Crippen LogP contribution in [0.4, 0.5) is 52.7 Å². The van der Waals surface area contributed by atoms with Crippen molar-refractivity contribution in [3.05, 3.63) is 0 Å². The summed E-state index contributed by atoms with van der Waals surface area (Å²) >= 11 is 0. The molecule has 0 aliphatic carbocycles. The van der Waals surface area contributed by atoms with Crippen molar-refractivity contribution in [2.45, 2.75) is 49.8 Å². The third-order valence-corrected chi connectivity index (χ3v) is 2.00. The lowest BCUT2D eigenvalue weighted by molar-refractivity contribution is -0.442. The van der Waals surface area contributed by atoms with Crippen LogP contribution in [-0.2, 0) is 4.74 Å². The highest BCUT2D eigenvalue weighted by molar-refractivity contribution is 4.87. The molecule has 0 N–H and O–H groups in total. The molecule has 0 heterocycles. The van der Waals surface area contributed by atoms with Gasteiger partial charge in [-0.1, -0.05) is 0 Å². The lowest BCUT2D eigenvalue weighted by Gasteiger charge is -2.36. The largest absolute Gasteiger partial charge is 0.448 e. The number of hydrogen-bond donors (Lipinski definition) is 0. The van der Waals surface area contributed by atoms with E-state index in [4.69, 9.17) is 0 Å². The fourth-order valence-corrected chi connectivity index (χ4v) is 1.08. The maximum Gasteiger partial charge on any atom is 0.448 e. The standard InChI is InChI=1S/C8H6F12O/c9-3(10)1-5(13,7(15,16)17)21-6(14,2-4(11)12)8(18,19)20/h3-4H,1-2H2. The molecule has 0 aromatic heterocycles. The summed E-state index contributed by atoms with van der Waals surface area (Å²) in [4.78, 5) is 0. The number of rotatable bonds is 6. The molecule has 0 aromatic rings. The monoisotopic (exact) mass is 346 g/mol. The van der Waals surface area contributed by atoms with Crippen LogP contribution >= 0.6 is 0 Å². The van der Waals surface area contributed by atoms with Gasteiger partial charge in [-0.05, 0) is 0 Å². The minimum atomic E-state index is -6.51. The molecule has 0 spiro atoms. The zero-order chi connectivity index (χ0) is 17.3. The molecule has 0 fully saturated rings. The van der Waals surface area contributed by atoms with Gasteiger partial charge in [0.15, 0.2) is 0 Å². The maximum absolute atomic E-state index is 13.2. The van der Waals surface area contributed by atoms with Crippen LogP contribution in [0.25, 0.3) is 0 Å². The summed E-state index contributed by atoms with van der Waals surface area (Å²) in [5, 5.41) is 0. The Balaban J connectivity index is 5.63. The van der Waals surface area contributed by atoms with Crippen LogP contribution in [0.1, 0.15) is 12.8 Å². The van der Waals surface area contributed by atoms with Crippen molar-refractivity contribution in [3.63, 3.8) is 0 Å². The third-order valence-electron chi connectivity index (χ3n) is 2.00. The van der Waals surface area contributed by atoms with Gasteiger partial charge in [-0.15, -0.1) is 0 Å². The van der Waals surface area contributed by atoms with Crippen molar-refractivity contribution in [1.82, 2.24) is 0 Å². The first-order chi connectivity index (χ1) is 9.04. The summed E-state index contributed by atoms with van der Waals surface area (Å²) in [6, 6.07) is 0. The highest BCUT2D eigenvalue weighted by atomic mass is 19.4. The van der Waals surface area contributed by atoms with E-state index in [2.05, 4.69) is 4.74 Å². The van der Waals surface area contributed by atoms with Crippen LogP contribution in [0, 0.1) is 0 Å². The molecule has 0 rings (SSSR count). The zero-order valence-electron chi connectivity index (χ0n) is 9.51. The van der Waals surface area contributed by atoms with Gasteiger partial charge in [0, 0.05) is 0 Å². The third kappa shape index (κ3) is 5.11. The molecule has 0 aliphatic rings. The molecule has 0 saturated heterocycles. The van der Waals surface area contributed by atoms with E-state index in [9.17, 15) is 52.7 Å². The van der Waals surface area contributed by atoms with E-state index in [1.807, 2.05) is 0 Å². The molecule has 1 nitrogen and oxygen atoms in total. The molecule has 0 radical (unpaired) electrons. The van der Waals surface area contributed by atoms with Gasteiger partial charge in [-0.3, -0.25) is 4.74 Å². The van der Waals surface area contributed by atoms with E-state index < -0.39 is 49.8 Å². The van der Waals surface area contributed by atoms with Gasteiger partial charge >= 0.3 is 24.1 Å². The summed E-state index contributed by atoms with van der Waals surface area (Å²) in [5.74, 6) is -11.6. The first-order valence-electron chi connectivity index (χ1n) is 4.82. The second-order valence-electron chi connectivity index (χ2n) is 3.74. The summed E-state index contributed by atoms with van der Waals surface area (Å²) in [7, 11) is 0. The zero-order valence-corrected chi connectivity index (χ0v) is 9.51. The lowest BCUT2D eigenvalue weighted by atomic mass is 10.1. The Bertz CT molecular complexity index is 303. The van der Waals surface area contributed by atoms with E-state index in [-0.39, 0.29) is 0 Å². The summed E-state index contributed by atoms with van der Waals surface area (Å²) < 4.78 is 149. The van der Waals surface area contributed by atoms with E-state index in [0.29, 0.717) is 0 Å². The number of hydrogen-bond acceptors (Lipinski definition) is 1. The van der Waals surface area contributed by atoms with Crippen molar-refractivity contribution >= 4 is 0 Å². The summed E-state index contributed by atoms with van der Waals surface area (Å²) in [6.07, 6.45) is -27.4. The number of ether oxygens (including phenoxy) is 1. The van der Waals surface area contributed by atoms with Crippen LogP contribution < -0.4 is 0 Å². The summed E-state index contributed by atoms with van der Waals surface area (Å²) in [5.41, 5.74) is 0. The highest BCUT2D eigenvalue weighted by Gasteiger charge is 2.69. The Kier molecular flexibility index (Phi) is 5.83. The molecule has 0 aliphatic heterocycles. The molecule has 128 valence electrons. The second kappa shape index (κ2) is 6.08. The van der Waals surface area contributed by atoms with Crippen molar-refractivity contribution in [1.29, 1.82) is 0 Å². The fraction of sp³-hybridized carbons (Fsp3) is 1.00. The van der Waals surface area contributed by atoms with Crippen molar-refractivity contribution in [2.24, 2.45) is 0 Å². The van der Waals surface area contributed by atoms with Crippen LogP contribution in [0.3, 0.4) is 0 Å². The minimum absolute atomic E-state index is 2.43. The predicted octanol–water partition coefficient (Wildman–Crippen LogP) is 4.77.